The SMILES string of the molecule is CCCCCCOC(=O)CCCCCCCCCCCCCCCC(C)C(=O)OCCCCCC. The predicted octanol–water partition coefficient (Wildman–Crippen LogP) is 9.72. The molecule has 1 unspecified atom stereocenters. The Labute approximate surface area is 218 Å². The molecule has 0 radical (unpaired) electrons. The summed E-state index contributed by atoms with van der Waals surface area (Å²) in [5.41, 5.74) is 0. The van der Waals surface area contributed by atoms with Crippen LogP contribution >= 0.6 is 0 Å². The maximum absolute atomic E-state index is 12.0. The molecular weight excluding hydrogens is 436 g/mol. The van der Waals surface area contributed by atoms with E-state index in [1.54, 1.807) is 0 Å². The van der Waals surface area contributed by atoms with Crippen molar-refractivity contribution in [3.63, 3.8) is 0 Å². The maximum Gasteiger partial charge on any atom is 0.308 e. The molecule has 0 aliphatic heterocycles. The van der Waals surface area contributed by atoms with Gasteiger partial charge in [-0.1, -0.05) is 136 Å². The lowest BCUT2D eigenvalue weighted by atomic mass is 10.0. The van der Waals surface area contributed by atoms with Gasteiger partial charge in [-0.05, 0) is 25.7 Å². The van der Waals surface area contributed by atoms with Gasteiger partial charge in [0.05, 0.1) is 19.1 Å². The Balaban J connectivity index is 3.27. The van der Waals surface area contributed by atoms with E-state index in [1.165, 1.54) is 96.3 Å². The molecule has 208 valence electrons. The summed E-state index contributed by atoms with van der Waals surface area (Å²) in [6.07, 6.45) is 27.2. The van der Waals surface area contributed by atoms with Crippen molar-refractivity contribution in [1.29, 1.82) is 0 Å². The molecule has 4 heteroatoms. The van der Waals surface area contributed by atoms with E-state index in [1.807, 2.05) is 6.92 Å². The molecule has 0 aromatic heterocycles. The van der Waals surface area contributed by atoms with Gasteiger partial charge in [-0.15, -0.1) is 0 Å². The van der Waals surface area contributed by atoms with Gasteiger partial charge in [0.15, 0.2) is 0 Å². The first kappa shape index (κ1) is 33.9. The topological polar surface area (TPSA) is 52.6 Å². The predicted molar refractivity (Wildman–Crippen MR) is 149 cm³/mol. The summed E-state index contributed by atoms with van der Waals surface area (Å²) < 4.78 is 10.7. The number of ether oxygens (including phenoxy) is 2. The zero-order chi connectivity index (χ0) is 25.8. The zero-order valence-electron chi connectivity index (χ0n) is 23.9. The molecule has 0 saturated heterocycles. The van der Waals surface area contributed by atoms with Crippen LogP contribution in [0.3, 0.4) is 0 Å². The van der Waals surface area contributed by atoms with Crippen molar-refractivity contribution in [1.82, 2.24) is 0 Å². The zero-order valence-corrected chi connectivity index (χ0v) is 23.9. The molecule has 4 nitrogen and oxygen atoms in total. The van der Waals surface area contributed by atoms with Crippen molar-refractivity contribution < 1.29 is 19.1 Å². The van der Waals surface area contributed by atoms with Crippen molar-refractivity contribution in [2.24, 2.45) is 5.92 Å². The quantitative estimate of drug-likeness (QED) is 0.0838. The Kier molecular flexibility index (Phi) is 26.7. The molecule has 0 fully saturated rings. The van der Waals surface area contributed by atoms with Crippen LogP contribution in [0.25, 0.3) is 0 Å². The number of carbonyl (C=O) groups excluding carboxylic acids is 2. The highest BCUT2D eigenvalue weighted by Crippen LogP contribution is 2.16. The summed E-state index contributed by atoms with van der Waals surface area (Å²) >= 11 is 0. The second-order valence-corrected chi connectivity index (χ2v) is 10.5. The van der Waals surface area contributed by atoms with Gasteiger partial charge in [0, 0.05) is 6.42 Å². The first-order valence-electron chi connectivity index (χ1n) is 15.4. The molecule has 0 N–H and O–H groups in total. The minimum Gasteiger partial charge on any atom is -0.466 e. The molecular formula is C31H60O4. The lowest BCUT2D eigenvalue weighted by molar-refractivity contribution is -0.148. The number of hydrogen-bond donors (Lipinski definition) is 0. The van der Waals surface area contributed by atoms with E-state index in [0.717, 1.165) is 44.9 Å². The highest BCUT2D eigenvalue weighted by atomic mass is 16.5. The minimum absolute atomic E-state index is 0.00262. The fourth-order valence-electron chi connectivity index (χ4n) is 4.41. The number of esters is 2. The molecule has 0 amide bonds. The molecule has 0 aliphatic rings. The third-order valence-corrected chi connectivity index (χ3v) is 6.92. The fourth-order valence-corrected chi connectivity index (χ4v) is 4.41. The van der Waals surface area contributed by atoms with Gasteiger partial charge in [-0.3, -0.25) is 9.59 Å². The van der Waals surface area contributed by atoms with Crippen LogP contribution < -0.4 is 0 Å². The smallest absolute Gasteiger partial charge is 0.308 e. The summed E-state index contributed by atoms with van der Waals surface area (Å²) in [6.45, 7) is 7.60. The van der Waals surface area contributed by atoms with Gasteiger partial charge in [0.2, 0.25) is 0 Å². The second-order valence-electron chi connectivity index (χ2n) is 10.5. The Morgan fingerprint density at radius 2 is 0.914 bits per heavy atom. The van der Waals surface area contributed by atoms with Crippen LogP contribution in [0.4, 0.5) is 0 Å². The van der Waals surface area contributed by atoms with Gasteiger partial charge >= 0.3 is 11.9 Å². The van der Waals surface area contributed by atoms with Crippen molar-refractivity contribution in [3.05, 3.63) is 0 Å². The van der Waals surface area contributed by atoms with Crippen molar-refractivity contribution in [2.45, 2.75) is 168 Å². The van der Waals surface area contributed by atoms with E-state index in [9.17, 15) is 9.59 Å². The largest absolute Gasteiger partial charge is 0.466 e. The molecule has 0 saturated carbocycles. The first-order valence-corrected chi connectivity index (χ1v) is 15.4. The van der Waals surface area contributed by atoms with Crippen LogP contribution in [0.15, 0.2) is 0 Å². The van der Waals surface area contributed by atoms with E-state index >= 15 is 0 Å². The molecule has 0 aromatic rings. The lowest BCUT2D eigenvalue weighted by Crippen LogP contribution is -2.15. The number of rotatable bonds is 27. The summed E-state index contributed by atoms with van der Waals surface area (Å²) in [4.78, 5) is 23.7. The van der Waals surface area contributed by atoms with Crippen LogP contribution in [-0.2, 0) is 19.1 Å². The lowest BCUT2D eigenvalue weighted by Gasteiger charge is -2.11. The summed E-state index contributed by atoms with van der Waals surface area (Å²) in [5.74, 6) is 0.0409. The summed E-state index contributed by atoms with van der Waals surface area (Å²) in [6, 6.07) is 0. The first-order chi connectivity index (χ1) is 17.1. The normalized spacial score (nSPS) is 12.0. The van der Waals surface area contributed by atoms with E-state index < -0.39 is 0 Å². The number of carbonyl (C=O) groups is 2. The Morgan fingerprint density at radius 1 is 0.514 bits per heavy atom. The van der Waals surface area contributed by atoms with E-state index in [2.05, 4.69) is 13.8 Å². The van der Waals surface area contributed by atoms with Crippen LogP contribution in [0.1, 0.15) is 168 Å². The van der Waals surface area contributed by atoms with Gasteiger partial charge < -0.3 is 9.47 Å². The third kappa shape index (κ3) is 25.8. The van der Waals surface area contributed by atoms with Gasteiger partial charge in [-0.25, -0.2) is 0 Å². The van der Waals surface area contributed by atoms with Gasteiger partial charge in [0.25, 0.3) is 0 Å². The fraction of sp³-hybridized carbons (Fsp3) is 0.935. The maximum atomic E-state index is 12.0. The number of unbranched alkanes of at least 4 members (excludes halogenated alkanes) is 18. The average Bonchev–Trinajstić information content (AvgIpc) is 2.85. The van der Waals surface area contributed by atoms with Crippen LogP contribution in [0, 0.1) is 5.92 Å². The minimum atomic E-state index is -0.00770. The Bertz CT molecular complexity index is 463. The molecule has 35 heavy (non-hydrogen) atoms. The van der Waals surface area contributed by atoms with Crippen molar-refractivity contribution in [2.75, 3.05) is 13.2 Å². The van der Waals surface area contributed by atoms with Crippen LogP contribution in [-0.4, -0.2) is 25.2 Å². The average molecular weight is 497 g/mol. The third-order valence-electron chi connectivity index (χ3n) is 6.92. The van der Waals surface area contributed by atoms with E-state index in [0.29, 0.717) is 19.6 Å². The Hall–Kier alpha value is -1.06. The van der Waals surface area contributed by atoms with Gasteiger partial charge in [0.1, 0.15) is 0 Å². The van der Waals surface area contributed by atoms with E-state index in [-0.39, 0.29) is 17.9 Å². The monoisotopic (exact) mass is 496 g/mol. The highest BCUT2D eigenvalue weighted by molar-refractivity contribution is 5.71. The molecule has 1 atom stereocenters. The van der Waals surface area contributed by atoms with Crippen LogP contribution in [0.5, 0.6) is 0 Å². The summed E-state index contributed by atoms with van der Waals surface area (Å²) in [5, 5.41) is 0. The van der Waals surface area contributed by atoms with Gasteiger partial charge in [-0.2, -0.15) is 0 Å². The van der Waals surface area contributed by atoms with Crippen LogP contribution in [0.2, 0.25) is 0 Å². The standard InChI is InChI=1S/C31H60O4/c1-4-6-8-23-27-34-30(32)26-22-20-18-16-14-12-10-11-13-15-17-19-21-25-29(3)31(33)35-28-24-9-7-5-2/h29H,4-28H2,1-3H3. The molecule has 0 bridgehead atoms. The summed E-state index contributed by atoms with van der Waals surface area (Å²) in [7, 11) is 0. The molecule has 0 spiro atoms. The molecule has 0 rings (SSSR count). The Morgan fingerprint density at radius 3 is 1.40 bits per heavy atom. The second kappa shape index (κ2) is 27.5. The highest BCUT2D eigenvalue weighted by Gasteiger charge is 2.13. The molecule has 0 aliphatic carbocycles. The van der Waals surface area contributed by atoms with E-state index in [4.69, 9.17) is 9.47 Å². The molecule has 0 aromatic carbocycles. The molecule has 0 heterocycles. The van der Waals surface area contributed by atoms with Crippen molar-refractivity contribution >= 4 is 11.9 Å². The van der Waals surface area contributed by atoms with Crippen molar-refractivity contribution in [3.8, 4) is 0 Å². The number of hydrogen-bond acceptors (Lipinski definition) is 4.